The zero-order chi connectivity index (χ0) is 7.98. The van der Waals surface area contributed by atoms with E-state index in [1.807, 2.05) is 20.4 Å². The van der Waals surface area contributed by atoms with Gasteiger partial charge in [-0.05, 0) is 25.7 Å². The Morgan fingerprint density at radius 3 is 2.50 bits per heavy atom. The van der Waals surface area contributed by atoms with Crippen molar-refractivity contribution in [3.8, 4) is 0 Å². The Morgan fingerprint density at radius 1 is 1.50 bits per heavy atom. The quantitative estimate of drug-likeness (QED) is 0.482. The van der Waals surface area contributed by atoms with Crippen molar-refractivity contribution in [1.82, 2.24) is 0 Å². The average Bonchev–Trinajstić information content (AvgIpc) is 1.88. The van der Waals surface area contributed by atoms with Crippen molar-refractivity contribution < 1.29 is 8.85 Å². The monoisotopic (exact) mass is 177 g/mol. The molecule has 0 aliphatic carbocycles. The van der Waals surface area contributed by atoms with Crippen LogP contribution in [-0.4, -0.2) is 20.9 Å². The zero-order valence-corrected chi connectivity index (χ0v) is 8.46. The van der Waals surface area contributed by atoms with E-state index in [2.05, 4.69) is 0 Å². The number of rotatable bonds is 4. The van der Waals surface area contributed by atoms with E-state index < -0.39 is 9.28 Å². The lowest BCUT2D eigenvalue weighted by atomic mass is 10.5. The van der Waals surface area contributed by atoms with Crippen molar-refractivity contribution in [2.75, 3.05) is 6.61 Å². The van der Waals surface area contributed by atoms with Crippen LogP contribution >= 0.6 is 12.2 Å². The van der Waals surface area contributed by atoms with Gasteiger partial charge in [-0.1, -0.05) is 6.92 Å². The largest absolute Gasteiger partial charge is 0.514 e. The molecule has 2 nitrogen and oxygen atoms in total. The fraction of sp³-hybridized carbons (Fsp3) is 0.833. The molecule has 0 aromatic heterocycles. The van der Waals surface area contributed by atoms with Crippen molar-refractivity contribution in [3.63, 3.8) is 0 Å². The molecule has 0 aromatic carbocycles. The van der Waals surface area contributed by atoms with Crippen molar-refractivity contribution in [3.05, 3.63) is 0 Å². The van der Waals surface area contributed by atoms with Crippen LogP contribution in [0.25, 0.3) is 0 Å². The van der Waals surface area contributed by atoms with E-state index >= 15 is 0 Å². The fourth-order valence-electron chi connectivity index (χ4n) is 0.465. The molecule has 0 spiro atoms. The summed E-state index contributed by atoms with van der Waals surface area (Å²) in [5.41, 5.74) is 0. The Labute approximate surface area is 69.4 Å². The van der Waals surface area contributed by atoms with Crippen LogP contribution in [-0.2, 0) is 8.85 Å². The molecule has 0 aliphatic rings. The Bertz CT molecular complexity index is 108. The smallest absolute Gasteiger partial charge is 0.454 e. The maximum Gasteiger partial charge on any atom is 0.454 e. The third-order valence-electron chi connectivity index (χ3n) is 0.894. The lowest BCUT2D eigenvalue weighted by molar-refractivity contribution is 0.284. The average molecular weight is 177 g/mol. The van der Waals surface area contributed by atoms with Crippen molar-refractivity contribution in [2.45, 2.75) is 26.8 Å². The molecule has 0 aliphatic heterocycles. The summed E-state index contributed by atoms with van der Waals surface area (Å²) in [6.45, 7) is 6.57. The molecule has 0 unspecified atom stereocenters. The number of hydrogen-bond acceptors (Lipinski definition) is 3. The molecule has 0 fully saturated rings. The van der Waals surface area contributed by atoms with Gasteiger partial charge < -0.3 is 8.85 Å². The van der Waals surface area contributed by atoms with E-state index in [9.17, 15) is 0 Å². The van der Waals surface area contributed by atoms with Gasteiger partial charge in [0.25, 0.3) is 0 Å². The first-order valence-corrected chi connectivity index (χ1v) is 5.60. The topological polar surface area (TPSA) is 18.5 Å². The molecule has 0 amide bonds. The molecule has 0 heterocycles. The number of hydrogen-bond donors (Lipinski definition) is 0. The zero-order valence-electron chi connectivity index (χ0n) is 6.64. The second-order valence-corrected chi connectivity index (χ2v) is 3.68. The SMILES string of the molecule is CCO[Si](C)OC(=S)CC. The van der Waals surface area contributed by atoms with Crippen LogP contribution in [0.4, 0.5) is 0 Å². The van der Waals surface area contributed by atoms with Gasteiger partial charge in [0.1, 0.15) is 5.05 Å². The minimum atomic E-state index is -1.09. The standard InChI is InChI=1S/C6H13O2SSi/c1-4-6(9)8-10(3)7-5-2/h4-5H2,1-3H3. The molecule has 0 saturated heterocycles. The normalized spacial score (nSPS) is 10.0. The first kappa shape index (κ1) is 10.1. The van der Waals surface area contributed by atoms with Crippen LogP contribution in [0.2, 0.25) is 6.55 Å². The number of thiocarbonyl (C=S) groups is 1. The van der Waals surface area contributed by atoms with Crippen molar-refractivity contribution in [2.24, 2.45) is 0 Å². The lowest BCUT2D eigenvalue weighted by Gasteiger charge is -2.09. The molecular weight excluding hydrogens is 164 g/mol. The summed E-state index contributed by atoms with van der Waals surface area (Å²) in [5.74, 6) is 0. The predicted octanol–water partition coefficient (Wildman–Crippen LogP) is 1.89. The second-order valence-electron chi connectivity index (χ2n) is 1.75. The van der Waals surface area contributed by atoms with Crippen LogP contribution in [0.15, 0.2) is 0 Å². The summed E-state index contributed by atoms with van der Waals surface area (Å²) < 4.78 is 10.5. The van der Waals surface area contributed by atoms with Crippen molar-refractivity contribution in [1.29, 1.82) is 0 Å². The summed E-state index contributed by atoms with van der Waals surface area (Å²) in [6.07, 6.45) is 0.796. The molecular formula is C6H13O2SSi. The van der Waals surface area contributed by atoms with E-state index in [1.54, 1.807) is 0 Å². The summed E-state index contributed by atoms with van der Waals surface area (Å²) in [6, 6.07) is 0. The van der Waals surface area contributed by atoms with Gasteiger partial charge in [0.2, 0.25) is 0 Å². The van der Waals surface area contributed by atoms with Crippen LogP contribution < -0.4 is 0 Å². The summed E-state index contributed by atoms with van der Waals surface area (Å²) in [7, 11) is -1.09. The van der Waals surface area contributed by atoms with Gasteiger partial charge >= 0.3 is 9.28 Å². The van der Waals surface area contributed by atoms with Crippen molar-refractivity contribution >= 4 is 26.6 Å². The summed E-state index contributed by atoms with van der Waals surface area (Å²) in [4.78, 5) is 0. The van der Waals surface area contributed by atoms with E-state index in [4.69, 9.17) is 21.1 Å². The third-order valence-corrected chi connectivity index (χ3v) is 2.64. The highest BCUT2D eigenvalue weighted by molar-refractivity contribution is 7.80. The van der Waals surface area contributed by atoms with E-state index in [0.717, 1.165) is 6.42 Å². The van der Waals surface area contributed by atoms with Crippen LogP contribution in [0.1, 0.15) is 20.3 Å². The van der Waals surface area contributed by atoms with Crippen LogP contribution in [0.5, 0.6) is 0 Å². The van der Waals surface area contributed by atoms with Gasteiger partial charge in [-0.2, -0.15) is 0 Å². The highest BCUT2D eigenvalue weighted by Crippen LogP contribution is 1.94. The van der Waals surface area contributed by atoms with Gasteiger partial charge in [-0.3, -0.25) is 0 Å². The molecule has 4 heteroatoms. The minimum Gasteiger partial charge on any atom is -0.514 e. The van der Waals surface area contributed by atoms with E-state index in [0.29, 0.717) is 11.7 Å². The molecule has 0 atom stereocenters. The Balaban J connectivity index is 3.37. The maximum atomic E-state index is 5.25. The van der Waals surface area contributed by atoms with Crippen LogP contribution in [0, 0.1) is 0 Å². The van der Waals surface area contributed by atoms with Crippen LogP contribution in [0.3, 0.4) is 0 Å². The first-order valence-electron chi connectivity index (χ1n) is 3.37. The highest BCUT2D eigenvalue weighted by atomic mass is 32.1. The van der Waals surface area contributed by atoms with Gasteiger partial charge in [0.15, 0.2) is 0 Å². The third kappa shape index (κ3) is 4.90. The van der Waals surface area contributed by atoms with Gasteiger partial charge in [-0.25, -0.2) is 0 Å². The molecule has 0 N–H and O–H groups in total. The lowest BCUT2D eigenvalue weighted by Crippen LogP contribution is -2.21. The Kier molecular flexibility index (Phi) is 5.86. The van der Waals surface area contributed by atoms with Gasteiger partial charge in [0.05, 0.1) is 0 Å². The van der Waals surface area contributed by atoms with E-state index in [-0.39, 0.29) is 0 Å². The second kappa shape index (κ2) is 5.82. The Hall–Kier alpha value is 0.0669. The van der Waals surface area contributed by atoms with Gasteiger partial charge in [0, 0.05) is 13.0 Å². The molecule has 0 rings (SSSR count). The first-order chi connectivity index (χ1) is 4.70. The molecule has 0 bridgehead atoms. The maximum absolute atomic E-state index is 5.25. The predicted molar refractivity (Wildman–Crippen MR) is 47.2 cm³/mol. The molecule has 1 radical (unpaired) electrons. The highest BCUT2D eigenvalue weighted by Gasteiger charge is 2.09. The molecule has 0 aromatic rings. The minimum absolute atomic E-state index is 0.657. The Morgan fingerprint density at radius 2 is 2.10 bits per heavy atom. The summed E-state index contributed by atoms with van der Waals surface area (Å²) >= 11 is 4.87. The fourth-order valence-corrected chi connectivity index (χ4v) is 1.75. The van der Waals surface area contributed by atoms with Gasteiger partial charge in [-0.15, -0.1) is 0 Å². The van der Waals surface area contributed by atoms with E-state index in [1.165, 1.54) is 0 Å². The molecule has 59 valence electrons. The molecule has 0 saturated carbocycles. The summed E-state index contributed by atoms with van der Waals surface area (Å²) in [5, 5.41) is 0.657. The molecule has 10 heavy (non-hydrogen) atoms.